The molecule has 1 amide bonds. The summed E-state index contributed by atoms with van der Waals surface area (Å²) < 4.78 is 11.3. The van der Waals surface area contributed by atoms with Gasteiger partial charge in [-0.15, -0.1) is 0 Å². The van der Waals surface area contributed by atoms with E-state index < -0.39 is 8.15 Å². The van der Waals surface area contributed by atoms with Gasteiger partial charge in [0.2, 0.25) is 0 Å². The molecule has 31 heavy (non-hydrogen) atoms. The second-order valence-corrected chi connectivity index (χ2v) is 9.11. The number of fused-ring (bicyclic) bond motifs is 1. The zero-order chi connectivity index (χ0) is 21.8. The van der Waals surface area contributed by atoms with E-state index in [1.807, 2.05) is 48.5 Å². The summed E-state index contributed by atoms with van der Waals surface area (Å²) in [6.07, 6.45) is 3.40. The Morgan fingerprint density at radius 2 is 1.94 bits per heavy atom. The molecule has 0 saturated carbocycles. The summed E-state index contributed by atoms with van der Waals surface area (Å²) >= 11 is 6.29. The van der Waals surface area contributed by atoms with Gasteiger partial charge in [0.25, 0.3) is 5.91 Å². The van der Waals surface area contributed by atoms with E-state index in [1.54, 1.807) is 32.7 Å². The number of hydrogen-bond donors (Lipinski definition) is 2. The maximum absolute atomic E-state index is 13.2. The first-order valence-electron chi connectivity index (χ1n) is 9.57. The second kappa shape index (κ2) is 9.48. The lowest BCUT2D eigenvalue weighted by Crippen LogP contribution is -2.28. The van der Waals surface area contributed by atoms with Gasteiger partial charge >= 0.3 is 0 Å². The van der Waals surface area contributed by atoms with Gasteiger partial charge in [-0.05, 0) is 48.0 Å². The van der Waals surface area contributed by atoms with E-state index in [1.165, 1.54) is 0 Å². The van der Waals surface area contributed by atoms with Crippen molar-refractivity contribution < 1.29 is 14.1 Å². The maximum atomic E-state index is 13.2. The summed E-state index contributed by atoms with van der Waals surface area (Å²) in [4.78, 5) is 20.5. The number of carbonyl (C=O) groups excluding carboxylic acids is 1. The molecule has 0 saturated heterocycles. The van der Waals surface area contributed by atoms with E-state index in [0.717, 1.165) is 32.8 Å². The summed E-state index contributed by atoms with van der Waals surface area (Å²) in [6.45, 7) is 0.390. The standard InChI is InChI=1S/C23H21ClN3O3P/c1-29-17-4-3-5-18(13-17)31(30-2)22-19-12-16(24)6-7-20(19)27-21(22)23(28)26-14-15-8-10-25-11-9-15/h3-13,27H,14H2,1-2H3,(H,26,28). The Morgan fingerprint density at radius 3 is 2.68 bits per heavy atom. The molecule has 4 aromatic rings. The molecule has 6 nitrogen and oxygen atoms in total. The van der Waals surface area contributed by atoms with Gasteiger partial charge in [0.1, 0.15) is 11.4 Å². The maximum Gasteiger partial charge on any atom is 0.268 e. The third-order valence-corrected chi connectivity index (χ3v) is 7.05. The van der Waals surface area contributed by atoms with Gasteiger partial charge in [-0.3, -0.25) is 9.78 Å². The molecule has 2 aromatic carbocycles. The number of aromatic nitrogens is 2. The fourth-order valence-electron chi connectivity index (χ4n) is 3.36. The van der Waals surface area contributed by atoms with Crippen LogP contribution < -0.4 is 20.7 Å². The molecule has 1 unspecified atom stereocenters. The Bertz CT molecular complexity index is 1210. The van der Waals surface area contributed by atoms with Gasteiger partial charge < -0.3 is 19.6 Å². The lowest BCUT2D eigenvalue weighted by Gasteiger charge is -2.18. The van der Waals surface area contributed by atoms with E-state index in [4.69, 9.17) is 20.9 Å². The predicted octanol–water partition coefficient (Wildman–Crippen LogP) is 4.15. The number of nitrogens with zero attached hydrogens (tertiary/aromatic N) is 1. The molecule has 0 spiro atoms. The largest absolute Gasteiger partial charge is 0.497 e. The van der Waals surface area contributed by atoms with Crippen LogP contribution in [0.25, 0.3) is 10.9 Å². The number of benzene rings is 2. The first-order valence-corrected chi connectivity index (χ1v) is 11.2. The van der Waals surface area contributed by atoms with E-state index in [2.05, 4.69) is 15.3 Å². The summed E-state index contributed by atoms with van der Waals surface area (Å²) in [5.41, 5.74) is 2.24. The number of nitrogens with one attached hydrogen (secondary N) is 2. The first kappa shape index (κ1) is 21.3. The van der Waals surface area contributed by atoms with Crippen molar-refractivity contribution >= 4 is 47.2 Å². The van der Waals surface area contributed by atoms with E-state index in [9.17, 15) is 4.79 Å². The molecular weight excluding hydrogens is 433 g/mol. The van der Waals surface area contributed by atoms with Crippen LogP contribution in [0.3, 0.4) is 0 Å². The number of ether oxygens (including phenoxy) is 1. The number of carbonyl (C=O) groups is 1. The van der Waals surface area contributed by atoms with Gasteiger partial charge in [0, 0.05) is 52.6 Å². The lowest BCUT2D eigenvalue weighted by molar-refractivity contribution is 0.0948. The third kappa shape index (κ3) is 4.57. The molecule has 2 aromatic heterocycles. The summed E-state index contributed by atoms with van der Waals surface area (Å²) in [7, 11) is 1.96. The first-order chi connectivity index (χ1) is 15.1. The monoisotopic (exact) mass is 453 g/mol. The summed E-state index contributed by atoms with van der Waals surface area (Å²) in [6, 6.07) is 16.9. The van der Waals surface area contributed by atoms with Crippen LogP contribution in [0.2, 0.25) is 5.02 Å². The van der Waals surface area contributed by atoms with Crippen LogP contribution in [0.1, 0.15) is 16.1 Å². The van der Waals surface area contributed by atoms with Crippen molar-refractivity contribution in [2.45, 2.75) is 6.54 Å². The third-order valence-electron chi connectivity index (χ3n) is 4.84. The average Bonchev–Trinajstić information content (AvgIpc) is 3.17. The van der Waals surface area contributed by atoms with Crippen LogP contribution >= 0.6 is 19.7 Å². The van der Waals surface area contributed by atoms with Crippen molar-refractivity contribution in [2.75, 3.05) is 14.2 Å². The van der Waals surface area contributed by atoms with Crippen molar-refractivity contribution in [1.82, 2.24) is 15.3 Å². The Morgan fingerprint density at radius 1 is 1.13 bits per heavy atom. The number of pyridine rings is 1. The Kier molecular flexibility index (Phi) is 6.52. The lowest BCUT2D eigenvalue weighted by atomic mass is 10.2. The molecule has 0 aliphatic carbocycles. The molecule has 158 valence electrons. The zero-order valence-electron chi connectivity index (χ0n) is 17.1. The normalized spacial score (nSPS) is 12.0. The number of H-pyrrole nitrogens is 1. The molecule has 1 atom stereocenters. The van der Waals surface area contributed by atoms with Crippen molar-refractivity contribution in [1.29, 1.82) is 0 Å². The number of rotatable bonds is 7. The molecule has 4 rings (SSSR count). The van der Waals surface area contributed by atoms with Crippen molar-refractivity contribution in [2.24, 2.45) is 0 Å². The zero-order valence-corrected chi connectivity index (χ0v) is 18.7. The van der Waals surface area contributed by atoms with E-state index >= 15 is 0 Å². The predicted molar refractivity (Wildman–Crippen MR) is 125 cm³/mol. The number of methoxy groups -OCH3 is 1. The second-order valence-electron chi connectivity index (χ2n) is 6.76. The van der Waals surface area contributed by atoms with E-state index in [0.29, 0.717) is 17.3 Å². The minimum absolute atomic E-state index is 0.216. The van der Waals surface area contributed by atoms with Crippen LogP contribution in [-0.2, 0) is 11.1 Å². The molecule has 0 radical (unpaired) electrons. The van der Waals surface area contributed by atoms with Crippen LogP contribution in [0.5, 0.6) is 5.75 Å². The molecule has 2 N–H and O–H groups in total. The summed E-state index contributed by atoms with van der Waals surface area (Å²) in [5.74, 6) is 0.509. The molecule has 0 aliphatic heterocycles. The highest BCUT2D eigenvalue weighted by molar-refractivity contribution is 7.69. The van der Waals surface area contributed by atoms with Crippen LogP contribution in [0.4, 0.5) is 0 Å². The number of amides is 1. The number of halogens is 1. The van der Waals surface area contributed by atoms with Gasteiger partial charge in [0.05, 0.1) is 15.3 Å². The molecule has 0 aliphatic rings. The molecular formula is C23H21ClN3O3P. The fraction of sp³-hybridized carbons (Fsp3) is 0.130. The van der Waals surface area contributed by atoms with Gasteiger partial charge in [-0.1, -0.05) is 23.7 Å². The molecule has 8 heteroatoms. The average molecular weight is 454 g/mol. The van der Waals surface area contributed by atoms with Gasteiger partial charge in [0.15, 0.2) is 0 Å². The molecule has 2 heterocycles. The molecule has 0 bridgehead atoms. The SMILES string of the molecule is COc1cccc(P(OC)c2c(C(=O)NCc3ccncc3)[nH]c3ccc(Cl)cc23)c1. The number of hydrogen-bond acceptors (Lipinski definition) is 4. The smallest absolute Gasteiger partial charge is 0.268 e. The Balaban J connectivity index is 1.78. The Hall–Kier alpha value is -2.92. The van der Waals surface area contributed by atoms with Gasteiger partial charge in [-0.2, -0.15) is 0 Å². The van der Waals surface area contributed by atoms with Crippen molar-refractivity contribution in [3.63, 3.8) is 0 Å². The highest BCUT2D eigenvalue weighted by atomic mass is 35.5. The highest BCUT2D eigenvalue weighted by Crippen LogP contribution is 2.39. The van der Waals surface area contributed by atoms with Gasteiger partial charge in [-0.25, -0.2) is 0 Å². The van der Waals surface area contributed by atoms with Crippen molar-refractivity contribution in [3.05, 3.63) is 83.3 Å². The quantitative estimate of drug-likeness (QED) is 0.412. The minimum atomic E-state index is -1.30. The van der Waals surface area contributed by atoms with Crippen LogP contribution in [-0.4, -0.2) is 30.1 Å². The summed E-state index contributed by atoms with van der Waals surface area (Å²) in [5, 5.41) is 6.15. The molecule has 0 fully saturated rings. The topological polar surface area (TPSA) is 76.2 Å². The van der Waals surface area contributed by atoms with E-state index in [-0.39, 0.29) is 5.91 Å². The van der Waals surface area contributed by atoms with Crippen molar-refractivity contribution in [3.8, 4) is 5.75 Å². The van der Waals surface area contributed by atoms with Crippen LogP contribution in [0, 0.1) is 0 Å². The number of aromatic amines is 1. The fourth-order valence-corrected chi connectivity index (χ4v) is 5.41. The highest BCUT2D eigenvalue weighted by Gasteiger charge is 2.27. The van der Waals surface area contributed by atoms with Crippen LogP contribution in [0.15, 0.2) is 67.0 Å². The minimum Gasteiger partial charge on any atom is -0.497 e. The Labute approximate surface area is 186 Å².